The van der Waals surface area contributed by atoms with Gasteiger partial charge >= 0.3 is 12.3 Å². The average molecular weight is 630 g/mol. The molecule has 2 saturated heterocycles. The van der Waals surface area contributed by atoms with E-state index in [2.05, 4.69) is 24.5 Å². The Balaban J connectivity index is 1.03. The number of carboxylic acid groups (broad SMARTS) is 1. The molecule has 1 aromatic heterocycles. The minimum absolute atomic E-state index is 0.141. The van der Waals surface area contributed by atoms with Crippen molar-refractivity contribution < 1.29 is 42.0 Å². The maximum Gasteiger partial charge on any atom is 0.573 e. The van der Waals surface area contributed by atoms with E-state index < -0.39 is 18.4 Å². The van der Waals surface area contributed by atoms with E-state index in [0.717, 1.165) is 73.8 Å². The number of piperazine rings is 1. The molecule has 0 amide bonds. The first-order valence-corrected chi connectivity index (χ1v) is 14.8. The van der Waals surface area contributed by atoms with E-state index in [-0.39, 0.29) is 24.4 Å². The lowest BCUT2D eigenvalue weighted by Gasteiger charge is -2.37. The highest BCUT2D eigenvalue weighted by atomic mass is 19.4. The molecule has 2 atom stereocenters. The molecule has 2 aromatic carbocycles. The Hall–Kier alpha value is -4.14. The standard InChI is InChI=1S/C31H34F3N5O6/c32-31(33,34)45-21-4-1-19(2-5-21)17-43-22-6-8-24-20(15-22)3-7-25-27(24)36-30(35)37-28(25)39-11-9-38(10-12-39)13-14-42-18-23-16-26(44-23)29(40)41/h1-2,4-6,8,15,23,26H,3,7,9-14,16-18H2,(H,40,41)(H2,35,36,37)/t23-,26-/m0/s1. The molecule has 0 unspecified atom stereocenters. The summed E-state index contributed by atoms with van der Waals surface area (Å²) < 4.78 is 58.1. The summed E-state index contributed by atoms with van der Waals surface area (Å²) in [6.45, 7) is 5.21. The Bertz CT molecular complexity index is 1510. The van der Waals surface area contributed by atoms with Gasteiger partial charge in [0, 0.05) is 50.3 Å². The first-order chi connectivity index (χ1) is 21.6. The molecule has 45 heavy (non-hydrogen) atoms. The van der Waals surface area contributed by atoms with E-state index in [0.29, 0.717) is 30.9 Å². The summed E-state index contributed by atoms with van der Waals surface area (Å²) in [4.78, 5) is 24.7. The Morgan fingerprint density at radius 1 is 1.04 bits per heavy atom. The average Bonchev–Trinajstić information content (AvgIpc) is 2.98. The summed E-state index contributed by atoms with van der Waals surface area (Å²) in [6.07, 6.45) is -3.56. The molecule has 2 aliphatic heterocycles. The number of fused-ring (bicyclic) bond motifs is 3. The monoisotopic (exact) mass is 629 g/mol. The zero-order valence-corrected chi connectivity index (χ0v) is 24.5. The number of alkyl halides is 3. The van der Waals surface area contributed by atoms with Crippen molar-refractivity contribution in [2.75, 3.05) is 56.6 Å². The third-order valence-corrected chi connectivity index (χ3v) is 8.18. The van der Waals surface area contributed by atoms with Crippen molar-refractivity contribution in [1.29, 1.82) is 0 Å². The van der Waals surface area contributed by atoms with Crippen molar-refractivity contribution in [3.63, 3.8) is 0 Å². The number of aryl methyl sites for hydroxylation is 1. The number of nitrogens with zero attached hydrogens (tertiary/aromatic N) is 4. The van der Waals surface area contributed by atoms with Crippen LogP contribution in [0.2, 0.25) is 0 Å². The van der Waals surface area contributed by atoms with E-state index in [1.807, 2.05) is 18.2 Å². The van der Waals surface area contributed by atoms with Gasteiger partial charge in [0.2, 0.25) is 5.95 Å². The minimum Gasteiger partial charge on any atom is -0.489 e. The molecule has 0 spiro atoms. The zero-order valence-electron chi connectivity index (χ0n) is 24.5. The summed E-state index contributed by atoms with van der Waals surface area (Å²) in [6, 6.07) is 11.4. The predicted octanol–water partition coefficient (Wildman–Crippen LogP) is 3.68. The number of hydrogen-bond donors (Lipinski definition) is 2. The Morgan fingerprint density at radius 3 is 2.49 bits per heavy atom. The van der Waals surface area contributed by atoms with Crippen LogP contribution >= 0.6 is 0 Å². The number of carboxylic acids is 1. The van der Waals surface area contributed by atoms with Crippen LogP contribution in [-0.2, 0) is 33.7 Å². The summed E-state index contributed by atoms with van der Waals surface area (Å²) in [5, 5.41) is 8.89. The maximum atomic E-state index is 12.4. The van der Waals surface area contributed by atoms with Gasteiger partial charge in [-0.15, -0.1) is 13.2 Å². The zero-order chi connectivity index (χ0) is 31.6. The number of anilines is 2. The number of aliphatic carboxylic acids is 1. The Morgan fingerprint density at radius 2 is 1.78 bits per heavy atom. The molecule has 3 aromatic rings. The SMILES string of the molecule is Nc1nc2c(c(N3CCN(CCOC[C@@H]4C[C@@H](C(=O)O)O4)CC3)n1)CCc1cc(OCc3ccc(OC(F)(F)F)cc3)ccc1-2. The molecule has 1 aliphatic carbocycles. The molecular formula is C31H34F3N5O6. The van der Waals surface area contributed by atoms with Crippen LogP contribution in [0.15, 0.2) is 42.5 Å². The largest absolute Gasteiger partial charge is 0.573 e. The lowest BCUT2D eigenvalue weighted by atomic mass is 9.88. The molecule has 3 N–H and O–H groups in total. The molecule has 14 heteroatoms. The topological polar surface area (TPSA) is 132 Å². The maximum absolute atomic E-state index is 12.4. The number of carbonyl (C=O) groups is 1. The smallest absolute Gasteiger partial charge is 0.489 e. The van der Waals surface area contributed by atoms with Crippen LogP contribution in [0.5, 0.6) is 11.5 Å². The van der Waals surface area contributed by atoms with Crippen molar-refractivity contribution in [3.05, 3.63) is 59.2 Å². The third kappa shape index (κ3) is 7.57. The van der Waals surface area contributed by atoms with Gasteiger partial charge in [0.25, 0.3) is 0 Å². The molecule has 2 fully saturated rings. The molecular weight excluding hydrogens is 595 g/mol. The van der Waals surface area contributed by atoms with Gasteiger partial charge in [0.1, 0.15) is 23.9 Å². The molecule has 0 bridgehead atoms. The van der Waals surface area contributed by atoms with Crippen molar-refractivity contribution in [1.82, 2.24) is 14.9 Å². The van der Waals surface area contributed by atoms with E-state index >= 15 is 0 Å². The van der Waals surface area contributed by atoms with Crippen molar-refractivity contribution >= 4 is 17.7 Å². The molecule has 240 valence electrons. The highest BCUT2D eigenvalue weighted by Gasteiger charge is 2.35. The summed E-state index contributed by atoms with van der Waals surface area (Å²) in [5.41, 5.74) is 10.9. The Kier molecular flexibility index (Phi) is 8.97. The fourth-order valence-electron chi connectivity index (χ4n) is 5.83. The number of benzene rings is 2. The van der Waals surface area contributed by atoms with Gasteiger partial charge in [0.05, 0.1) is 25.0 Å². The highest BCUT2D eigenvalue weighted by Crippen LogP contribution is 2.38. The summed E-state index contributed by atoms with van der Waals surface area (Å²) in [5.74, 6) is 0.535. The summed E-state index contributed by atoms with van der Waals surface area (Å²) >= 11 is 0. The highest BCUT2D eigenvalue weighted by molar-refractivity contribution is 5.76. The summed E-state index contributed by atoms with van der Waals surface area (Å²) in [7, 11) is 0. The number of halogens is 3. The lowest BCUT2D eigenvalue weighted by Crippen LogP contribution is -2.48. The van der Waals surface area contributed by atoms with Crippen LogP contribution < -0.4 is 20.1 Å². The third-order valence-electron chi connectivity index (χ3n) is 8.18. The van der Waals surface area contributed by atoms with Crippen LogP contribution in [0.1, 0.15) is 23.1 Å². The fourth-order valence-corrected chi connectivity index (χ4v) is 5.83. The van der Waals surface area contributed by atoms with Gasteiger partial charge in [-0.1, -0.05) is 12.1 Å². The second-order valence-electron chi connectivity index (χ2n) is 11.3. The van der Waals surface area contributed by atoms with E-state index in [4.69, 9.17) is 25.1 Å². The number of aromatic nitrogens is 2. The second kappa shape index (κ2) is 13.1. The second-order valence-corrected chi connectivity index (χ2v) is 11.3. The number of nitrogen functional groups attached to an aromatic ring is 1. The fraction of sp³-hybridized carbons (Fsp3) is 0.452. The minimum atomic E-state index is -4.73. The predicted molar refractivity (Wildman–Crippen MR) is 157 cm³/mol. The van der Waals surface area contributed by atoms with E-state index in [1.165, 1.54) is 24.3 Å². The van der Waals surface area contributed by atoms with Crippen LogP contribution in [0, 0.1) is 0 Å². The van der Waals surface area contributed by atoms with Crippen molar-refractivity contribution in [2.45, 2.75) is 44.4 Å². The molecule has 11 nitrogen and oxygen atoms in total. The first-order valence-electron chi connectivity index (χ1n) is 14.8. The van der Waals surface area contributed by atoms with Crippen LogP contribution in [0.4, 0.5) is 24.9 Å². The number of ether oxygens (including phenoxy) is 4. The normalized spacial score (nSPS) is 19.8. The number of rotatable bonds is 11. The molecule has 3 heterocycles. The van der Waals surface area contributed by atoms with Gasteiger partial charge in [0.15, 0.2) is 6.10 Å². The van der Waals surface area contributed by atoms with E-state index in [9.17, 15) is 18.0 Å². The van der Waals surface area contributed by atoms with Gasteiger partial charge in [-0.2, -0.15) is 4.98 Å². The molecule has 3 aliphatic rings. The van der Waals surface area contributed by atoms with Gasteiger partial charge in [-0.05, 0) is 54.3 Å². The van der Waals surface area contributed by atoms with Crippen molar-refractivity contribution in [2.24, 2.45) is 0 Å². The van der Waals surface area contributed by atoms with Crippen molar-refractivity contribution in [3.8, 4) is 22.8 Å². The first kappa shape index (κ1) is 30.9. The van der Waals surface area contributed by atoms with E-state index in [1.54, 1.807) is 0 Å². The van der Waals surface area contributed by atoms with Gasteiger partial charge < -0.3 is 34.7 Å². The lowest BCUT2D eigenvalue weighted by molar-refractivity contribution is -0.274. The molecule has 0 radical (unpaired) electrons. The molecule has 0 saturated carbocycles. The van der Waals surface area contributed by atoms with Gasteiger partial charge in [-0.3, -0.25) is 4.90 Å². The van der Waals surface area contributed by atoms with Crippen LogP contribution in [0.3, 0.4) is 0 Å². The van der Waals surface area contributed by atoms with Crippen LogP contribution in [-0.4, -0.2) is 90.5 Å². The molecule has 6 rings (SSSR count). The Labute approximate surface area is 257 Å². The van der Waals surface area contributed by atoms with Gasteiger partial charge in [-0.25, -0.2) is 9.78 Å². The quantitative estimate of drug-likeness (QED) is 0.301. The van der Waals surface area contributed by atoms with Crippen LogP contribution in [0.25, 0.3) is 11.3 Å². The number of hydrogen-bond acceptors (Lipinski definition) is 10. The number of nitrogens with two attached hydrogens (primary N) is 1.